The summed E-state index contributed by atoms with van der Waals surface area (Å²) in [5.74, 6) is -0.927. The lowest BCUT2D eigenvalue weighted by atomic mass is 9.92. The largest absolute Gasteiger partial charge is 0.325 e. The average molecular weight is 381 g/mol. The minimum Gasteiger partial charge on any atom is -0.319 e. The van der Waals surface area contributed by atoms with Crippen molar-refractivity contribution in [3.63, 3.8) is 0 Å². The maximum atomic E-state index is 12.9. The van der Waals surface area contributed by atoms with Gasteiger partial charge in [-0.05, 0) is 36.6 Å². The molecule has 0 radical (unpaired) electrons. The summed E-state index contributed by atoms with van der Waals surface area (Å²) in [5.41, 5.74) is 0.392. The molecule has 3 rings (SSSR count). The molecule has 1 aliphatic heterocycles. The van der Waals surface area contributed by atoms with Crippen molar-refractivity contribution in [2.75, 3.05) is 6.54 Å². The van der Waals surface area contributed by atoms with E-state index in [2.05, 4.69) is 5.32 Å². The van der Waals surface area contributed by atoms with Gasteiger partial charge in [0.2, 0.25) is 0 Å². The lowest BCUT2D eigenvalue weighted by Gasteiger charge is -2.22. The van der Waals surface area contributed by atoms with Crippen molar-refractivity contribution >= 4 is 23.4 Å². The number of imide groups is 1. The number of nitro benzene ring substituents is 1. The summed E-state index contributed by atoms with van der Waals surface area (Å²) in [7, 11) is 0. The minimum atomic E-state index is -1.39. The highest BCUT2D eigenvalue weighted by atomic mass is 16.6. The second-order valence-corrected chi connectivity index (χ2v) is 6.72. The molecule has 1 heterocycles. The third-order valence-electron chi connectivity index (χ3n) is 4.92. The van der Waals surface area contributed by atoms with Gasteiger partial charge in [0.25, 0.3) is 11.6 Å². The van der Waals surface area contributed by atoms with Crippen LogP contribution in [0.15, 0.2) is 48.5 Å². The molecule has 28 heavy (non-hydrogen) atoms. The van der Waals surface area contributed by atoms with Gasteiger partial charge in [-0.25, -0.2) is 4.79 Å². The molecule has 1 fully saturated rings. The average Bonchev–Trinajstić information content (AvgIpc) is 2.92. The number of Topliss-reactive ketones (excluding diaryl/α,β-unsaturated/α-hetero) is 1. The number of hydrogen-bond acceptors (Lipinski definition) is 5. The van der Waals surface area contributed by atoms with Crippen molar-refractivity contribution < 1.29 is 19.3 Å². The molecule has 1 unspecified atom stereocenters. The van der Waals surface area contributed by atoms with Crippen molar-refractivity contribution in [3.8, 4) is 0 Å². The molecular weight excluding hydrogens is 362 g/mol. The lowest BCUT2D eigenvalue weighted by Crippen LogP contribution is -2.41. The number of carbonyl (C=O) groups is 3. The Balaban J connectivity index is 1.80. The van der Waals surface area contributed by atoms with Crippen LogP contribution in [0.3, 0.4) is 0 Å². The van der Waals surface area contributed by atoms with E-state index in [1.54, 1.807) is 12.1 Å². The van der Waals surface area contributed by atoms with Crippen molar-refractivity contribution in [1.82, 2.24) is 10.2 Å². The highest BCUT2D eigenvalue weighted by molar-refractivity contribution is 6.11. The highest BCUT2D eigenvalue weighted by Crippen LogP contribution is 2.30. The maximum Gasteiger partial charge on any atom is 0.325 e. The normalized spacial score (nSPS) is 18.9. The number of benzene rings is 2. The molecule has 1 N–H and O–H groups in total. The molecule has 0 spiro atoms. The molecule has 3 amide bonds. The number of rotatable bonds is 6. The zero-order valence-corrected chi connectivity index (χ0v) is 15.5. The van der Waals surface area contributed by atoms with Crippen molar-refractivity contribution in [1.29, 1.82) is 0 Å². The van der Waals surface area contributed by atoms with Crippen LogP contribution in [-0.2, 0) is 16.8 Å². The monoisotopic (exact) mass is 381 g/mol. The van der Waals surface area contributed by atoms with Crippen LogP contribution in [0, 0.1) is 10.1 Å². The molecule has 1 saturated heterocycles. The molecule has 2 aromatic carbocycles. The second kappa shape index (κ2) is 7.22. The van der Waals surface area contributed by atoms with E-state index >= 15 is 0 Å². The van der Waals surface area contributed by atoms with Gasteiger partial charge in [-0.15, -0.1) is 0 Å². The van der Waals surface area contributed by atoms with Crippen LogP contribution in [0.5, 0.6) is 0 Å². The standard InChI is InChI=1S/C20H19N3O5/c1-3-13-4-6-14(7-5-13)17(24)12-22-18(25)20(2,21-19(22)26)15-8-10-16(11-9-15)23(27)28/h4-11H,3,12H2,1-2H3,(H,21,26). The summed E-state index contributed by atoms with van der Waals surface area (Å²) in [6.45, 7) is 3.14. The van der Waals surface area contributed by atoms with E-state index < -0.39 is 22.4 Å². The zero-order valence-electron chi connectivity index (χ0n) is 15.5. The van der Waals surface area contributed by atoms with Crippen molar-refractivity contribution in [2.45, 2.75) is 25.8 Å². The van der Waals surface area contributed by atoms with Gasteiger partial charge in [-0.2, -0.15) is 0 Å². The fourth-order valence-electron chi connectivity index (χ4n) is 3.11. The lowest BCUT2D eigenvalue weighted by molar-refractivity contribution is -0.384. The molecule has 2 aromatic rings. The molecule has 0 bridgehead atoms. The van der Waals surface area contributed by atoms with Gasteiger partial charge in [0.1, 0.15) is 5.54 Å². The quantitative estimate of drug-likeness (QED) is 0.358. The number of nitro groups is 1. The fraction of sp³-hybridized carbons (Fsp3) is 0.250. The minimum absolute atomic E-state index is 0.119. The van der Waals surface area contributed by atoms with Gasteiger partial charge in [0, 0.05) is 17.7 Å². The van der Waals surface area contributed by atoms with Crippen LogP contribution in [0.2, 0.25) is 0 Å². The SMILES string of the molecule is CCc1ccc(C(=O)CN2C(=O)NC(C)(c3ccc([N+](=O)[O-])cc3)C2=O)cc1. The van der Waals surface area contributed by atoms with Gasteiger partial charge in [-0.1, -0.05) is 31.2 Å². The predicted octanol–water partition coefficient (Wildman–Crippen LogP) is 2.81. The van der Waals surface area contributed by atoms with Crippen LogP contribution in [0.25, 0.3) is 0 Å². The summed E-state index contributed by atoms with van der Waals surface area (Å²) >= 11 is 0. The molecule has 8 nitrogen and oxygen atoms in total. The van der Waals surface area contributed by atoms with Crippen LogP contribution in [0.1, 0.15) is 35.3 Å². The molecule has 0 saturated carbocycles. The molecule has 0 aliphatic carbocycles. The Morgan fingerprint density at radius 2 is 1.71 bits per heavy atom. The molecule has 0 aromatic heterocycles. The van der Waals surface area contributed by atoms with Gasteiger partial charge in [0.05, 0.1) is 11.5 Å². The van der Waals surface area contributed by atoms with Crippen LogP contribution >= 0.6 is 0 Å². The van der Waals surface area contributed by atoms with E-state index in [-0.39, 0.29) is 18.0 Å². The van der Waals surface area contributed by atoms with Gasteiger partial charge in [0.15, 0.2) is 5.78 Å². The topological polar surface area (TPSA) is 110 Å². The summed E-state index contributed by atoms with van der Waals surface area (Å²) in [6.07, 6.45) is 0.842. The number of nitrogens with one attached hydrogen (secondary N) is 1. The summed E-state index contributed by atoms with van der Waals surface area (Å²) in [4.78, 5) is 48.9. The number of hydrogen-bond donors (Lipinski definition) is 1. The van der Waals surface area contributed by atoms with E-state index in [1.807, 2.05) is 19.1 Å². The number of nitrogens with zero attached hydrogens (tertiary/aromatic N) is 2. The van der Waals surface area contributed by atoms with Gasteiger partial charge >= 0.3 is 6.03 Å². The zero-order chi connectivity index (χ0) is 20.5. The molecular formula is C20H19N3O5. The molecule has 1 atom stereocenters. The van der Waals surface area contributed by atoms with Gasteiger partial charge < -0.3 is 5.32 Å². The molecule has 8 heteroatoms. The third kappa shape index (κ3) is 3.36. The van der Waals surface area contributed by atoms with Crippen LogP contribution in [-0.4, -0.2) is 34.1 Å². The summed E-state index contributed by atoms with van der Waals surface area (Å²) in [5, 5.41) is 13.4. The highest BCUT2D eigenvalue weighted by Gasteiger charge is 2.49. The number of non-ortho nitro benzene ring substituents is 1. The Morgan fingerprint density at radius 1 is 1.11 bits per heavy atom. The number of carbonyl (C=O) groups excluding carboxylic acids is 3. The van der Waals surface area contributed by atoms with E-state index in [0.29, 0.717) is 11.1 Å². The van der Waals surface area contributed by atoms with Crippen molar-refractivity contribution in [2.24, 2.45) is 0 Å². The smallest absolute Gasteiger partial charge is 0.319 e. The van der Waals surface area contributed by atoms with Crippen LogP contribution < -0.4 is 5.32 Å². The third-order valence-corrected chi connectivity index (χ3v) is 4.92. The number of urea groups is 1. The first-order chi connectivity index (χ1) is 13.3. The number of ketones is 1. The maximum absolute atomic E-state index is 12.9. The van der Waals surface area contributed by atoms with Crippen LogP contribution in [0.4, 0.5) is 10.5 Å². The first-order valence-electron chi connectivity index (χ1n) is 8.77. The van der Waals surface area contributed by atoms with E-state index in [1.165, 1.54) is 31.2 Å². The van der Waals surface area contributed by atoms with E-state index in [9.17, 15) is 24.5 Å². The molecule has 1 aliphatic rings. The number of amides is 3. The number of aryl methyl sites for hydroxylation is 1. The Bertz CT molecular complexity index is 953. The van der Waals surface area contributed by atoms with E-state index in [0.717, 1.165) is 16.9 Å². The van der Waals surface area contributed by atoms with Crippen molar-refractivity contribution in [3.05, 3.63) is 75.3 Å². The first kappa shape index (κ1) is 19.2. The molecule has 144 valence electrons. The second-order valence-electron chi connectivity index (χ2n) is 6.72. The Morgan fingerprint density at radius 3 is 2.25 bits per heavy atom. The fourth-order valence-corrected chi connectivity index (χ4v) is 3.11. The summed E-state index contributed by atoms with van der Waals surface area (Å²) < 4.78 is 0. The van der Waals surface area contributed by atoms with E-state index in [4.69, 9.17) is 0 Å². The Hall–Kier alpha value is -3.55. The Labute approximate surface area is 161 Å². The Kier molecular flexibility index (Phi) is 4.96. The first-order valence-corrected chi connectivity index (χ1v) is 8.77. The summed E-state index contributed by atoms with van der Waals surface area (Å²) in [6, 6.07) is 11.7. The predicted molar refractivity (Wildman–Crippen MR) is 101 cm³/mol. The van der Waals surface area contributed by atoms with Gasteiger partial charge in [-0.3, -0.25) is 24.6 Å².